The molecule has 0 aliphatic rings. The molecular formula is C18H21N3O4. The van der Waals surface area contributed by atoms with E-state index in [4.69, 9.17) is 4.74 Å². The van der Waals surface area contributed by atoms with Gasteiger partial charge in [0.25, 0.3) is 5.91 Å². The number of imide groups is 1. The molecule has 2 aromatic rings. The molecule has 0 saturated carbocycles. The van der Waals surface area contributed by atoms with Gasteiger partial charge < -0.3 is 14.6 Å². The Kier molecular flexibility index (Phi) is 5.94. The first-order valence-corrected chi connectivity index (χ1v) is 7.92. The van der Waals surface area contributed by atoms with E-state index in [1.165, 1.54) is 0 Å². The lowest BCUT2D eigenvalue weighted by Crippen LogP contribution is -2.41. The summed E-state index contributed by atoms with van der Waals surface area (Å²) in [6.45, 7) is 5.61. The first kappa shape index (κ1) is 18.3. The Bertz CT molecular complexity index is 759. The van der Waals surface area contributed by atoms with Crippen molar-refractivity contribution in [2.24, 2.45) is 0 Å². The van der Waals surface area contributed by atoms with Gasteiger partial charge in [-0.3, -0.25) is 10.1 Å². The lowest BCUT2D eigenvalue weighted by Gasteiger charge is -2.10. The highest BCUT2D eigenvalue weighted by atomic mass is 16.5. The summed E-state index contributed by atoms with van der Waals surface area (Å²) in [4.78, 5) is 34.7. The molecule has 1 aromatic heterocycles. The summed E-state index contributed by atoms with van der Waals surface area (Å²) < 4.78 is 6.97. The molecule has 7 heteroatoms. The van der Waals surface area contributed by atoms with Crippen LogP contribution >= 0.6 is 0 Å². The van der Waals surface area contributed by atoms with Crippen LogP contribution in [0.15, 0.2) is 36.4 Å². The van der Waals surface area contributed by atoms with Gasteiger partial charge in [0.1, 0.15) is 0 Å². The molecule has 2 N–H and O–H groups in total. The lowest BCUT2D eigenvalue weighted by atomic mass is 10.2. The van der Waals surface area contributed by atoms with Gasteiger partial charge >= 0.3 is 12.0 Å². The van der Waals surface area contributed by atoms with Crippen LogP contribution in [-0.2, 0) is 9.53 Å². The maximum absolute atomic E-state index is 12.0. The van der Waals surface area contributed by atoms with Gasteiger partial charge in [-0.1, -0.05) is 0 Å². The monoisotopic (exact) mass is 343 g/mol. The number of ether oxygens (including phenoxy) is 1. The summed E-state index contributed by atoms with van der Waals surface area (Å²) in [5.41, 5.74) is 3.45. The van der Waals surface area contributed by atoms with Crippen molar-refractivity contribution >= 4 is 17.9 Å². The van der Waals surface area contributed by atoms with E-state index in [-0.39, 0.29) is 0 Å². The average molecular weight is 343 g/mol. The maximum Gasteiger partial charge on any atom is 0.338 e. The van der Waals surface area contributed by atoms with Gasteiger partial charge in [0.05, 0.1) is 5.56 Å². The number of carbonyl (C=O) groups excluding carboxylic acids is 3. The van der Waals surface area contributed by atoms with Crippen LogP contribution in [0.2, 0.25) is 0 Å². The molecule has 0 unspecified atom stereocenters. The first-order valence-electron chi connectivity index (χ1n) is 7.92. The van der Waals surface area contributed by atoms with E-state index in [1.54, 1.807) is 19.1 Å². The van der Waals surface area contributed by atoms with Gasteiger partial charge in [0.2, 0.25) is 0 Å². The minimum atomic E-state index is -0.686. The molecule has 0 saturated heterocycles. The summed E-state index contributed by atoms with van der Waals surface area (Å²) in [6.07, 6.45) is 0. The molecule has 2 rings (SSSR count). The predicted octanol–water partition coefficient (Wildman–Crippen LogP) is 2.10. The highest BCUT2D eigenvalue weighted by Gasteiger charge is 2.12. The maximum atomic E-state index is 12.0. The van der Waals surface area contributed by atoms with Crippen molar-refractivity contribution in [3.05, 3.63) is 53.3 Å². The quantitative estimate of drug-likeness (QED) is 0.814. The second kappa shape index (κ2) is 8.14. The zero-order valence-electron chi connectivity index (χ0n) is 14.5. The van der Waals surface area contributed by atoms with E-state index in [9.17, 15) is 14.4 Å². The standard InChI is InChI=1S/C18H21N3O4/c1-4-19-18(24)20-16(22)11-25-17(23)14-7-9-15(10-8-14)21-12(2)5-6-13(21)3/h5-10H,4,11H2,1-3H3,(H2,19,20,22,24). The van der Waals surface area contributed by atoms with Crippen LogP contribution in [0, 0.1) is 13.8 Å². The van der Waals surface area contributed by atoms with Gasteiger partial charge in [-0.15, -0.1) is 0 Å². The normalized spacial score (nSPS) is 10.2. The van der Waals surface area contributed by atoms with Crippen LogP contribution in [0.1, 0.15) is 28.7 Å². The summed E-state index contributed by atoms with van der Waals surface area (Å²) >= 11 is 0. The summed E-state index contributed by atoms with van der Waals surface area (Å²) in [5, 5.41) is 4.47. The highest BCUT2D eigenvalue weighted by Crippen LogP contribution is 2.17. The molecule has 0 bridgehead atoms. The molecule has 1 aromatic carbocycles. The van der Waals surface area contributed by atoms with Crippen molar-refractivity contribution < 1.29 is 19.1 Å². The van der Waals surface area contributed by atoms with E-state index in [2.05, 4.69) is 15.2 Å². The molecule has 7 nitrogen and oxygen atoms in total. The Morgan fingerprint density at radius 1 is 1.00 bits per heavy atom. The third kappa shape index (κ3) is 4.69. The van der Waals surface area contributed by atoms with E-state index in [0.717, 1.165) is 17.1 Å². The topological polar surface area (TPSA) is 89.4 Å². The van der Waals surface area contributed by atoms with Gasteiger partial charge in [0, 0.05) is 23.6 Å². The molecule has 0 fully saturated rings. The zero-order valence-corrected chi connectivity index (χ0v) is 14.5. The van der Waals surface area contributed by atoms with E-state index >= 15 is 0 Å². The van der Waals surface area contributed by atoms with E-state index < -0.39 is 24.5 Å². The van der Waals surface area contributed by atoms with Crippen molar-refractivity contribution in [2.45, 2.75) is 20.8 Å². The second-order valence-electron chi connectivity index (χ2n) is 5.48. The number of hydrogen-bond acceptors (Lipinski definition) is 4. The minimum Gasteiger partial charge on any atom is -0.452 e. The first-order chi connectivity index (χ1) is 11.9. The summed E-state index contributed by atoms with van der Waals surface area (Å²) in [5.74, 6) is -1.31. The van der Waals surface area contributed by atoms with Gasteiger partial charge in [-0.2, -0.15) is 0 Å². The van der Waals surface area contributed by atoms with Gasteiger partial charge in [-0.05, 0) is 57.2 Å². The van der Waals surface area contributed by atoms with Crippen LogP contribution in [0.25, 0.3) is 5.69 Å². The number of benzene rings is 1. The molecule has 0 spiro atoms. The van der Waals surface area contributed by atoms with Gasteiger partial charge in [0.15, 0.2) is 6.61 Å². The van der Waals surface area contributed by atoms with Crippen LogP contribution in [0.3, 0.4) is 0 Å². The Hall–Kier alpha value is -3.09. The van der Waals surface area contributed by atoms with Crippen molar-refractivity contribution in [2.75, 3.05) is 13.2 Å². The number of nitrogens with one attached hydrogen (secondary N) is 2. The number of nitrogens with zero attached hydrogens (tertiary/aromatic N) is 1. The Labute approximate surface area is 146 Å². The van der Waals surface area contributed by atoms with E-state index in [1.807, 2.05) is 38.1 Å². The van der Waals surface area contributed by atoms with Gasteiger partial charge in [-0.25, -0.2) is 9.59 Å². The molecule has 132 valence electrons. The number of esters is 1. The second-order valence-corrected chi connectivity index (χ2v) is 5.48. The third-order valence-electron chi connectivity index (χ3n) is 3.56. The molecule has 0 aliphatic heterocycles. The van der Waals surface area contributed by atoms with Crippen molar-refractivity contribution in [3.63, 3.8) is 0 Å². The fourth-order valence-electron chi connectivity index (χ4n) is 2.40. The molecule has 0 atom stereocenters. The Morgan fingerprint density at radius 2 is 1.60 bits per heavy atom. The minimum absolute atomic E-state index is 0.331. The molecule has 3 amide bonds. The molecular weight excluding hydrogens is 322 g/mol. The lowest BCUT2D eigenvalue weighted by molar-refractivity contribution is -0.123. The molecule has 1 heterocycles. The Morgan fingerprint density at radius 3 is 2.16 bits per heavy atom. The van der Waals surface area contributed by atoms with Crippen LogP contribution in [0.5, 0.6) is 0 Å². The summed E-state index contributed by atoms with van der Waals surface area (Å²) in [7, 11) is 0. The highest BCUT2D eigenvalue weighted by molar-refractivity contribution is 5.97. The fraction of sp³-hybridized carbons (Fsp3) is 0.278. The van der Waals surface area contributed by atoms with Crippen molar-refractivity contribution in [1.82, 2.24) is 15.2 Å². The number of hydrogen-bond donors (Lipinski definition) is 2. The SMILES string of the molecule is CCNC(=O)NC(=O)COC(=O)c1ccc(-n2c(C)ccc2C)cc1. The third-order valence-corrected chi connectivity index (χ3v) is 3.56. The molecule has 0 radical (unpaired) electrons. The number of carbonyl (C=O) groups is 3. The fourth-order valence-corrected chi connectivity index (χ4v) is 2.40. The average Bonchev–Trinajstić information content (AvgIpc) is 2.91. The van der Waals surface area contributed by atoms with E-state index in [0.29, 0.717) is 12.1 Å². The number of aryl methyl sites for hydroxylation is 2. The Balaban J connectivity index is 1.95. The molecule has 25 heavy (non-hydrogen) atoms. The predicted molar refractivity (Wildman–Crippen MR) is 92.7 cm³/mol. The van der Waals surface area contributed by atoms with Crippen LogP contribution < -0.4 is 10.6 Å². The number of aromatic nitrogens is 1. The van der Waals surface area contributed by atoms with Crippen molar-refractivity contribution in [1.29, 1.82) is 0 Å². The molecule has 0 aliphatic carbocycles. The van der Waals surface area contributed by atoms with Crippen LogP contribution in [0.4, 0.5) is 4.79 Å². The summed E-state index contributed by atoms with van der Waals surface area (Å²) in [6, 6.07) is 10.3. The largest absolute Gasteiger partial charge is 0.452 e. The van der Waals surface area contributed by atoms with Crippen LogP contribution in [-0.4, -0.2) is 35.6 Å². The smallest absolute Gasteiger partial charge is 0.338 e. The number of amides is 3. The number of rotatable bonds is 5. The zero-order chi connectivity index (χ0) is 18.4. The number of urea groups is 1. The van der Waals surface area contributed by atoms with Crippen molar-refractivity contribution in [3.8, 4) is 5.69 Å².